The zero-order valence-corrected chi connectivity index (χ0v) is 15.9. The van der Waals surface area contributed by atoms with Crippen LogP contribution < -0.4 is 10.2 Å². The molecule has 1 atom stereocenters. The summed E-state index contributed by atoms with van der Waals surface area (Å²) in [5, 5.41) is 14.5. The molecule has 156 valence electrons. The second-order valence-electron chi connectivity index (χ2n) is 6.81. The molecule has 0 saturated carbocycles. The Kier molecular flexibility index (Phi) is 7.11. The molecule has 2 aliphatic rings. The maximum atomic E-state index is 12.8. The molecule has 7 nitrogen and oxygen atoms in total. The lowest BCUT2D eigenvalue weighted by Gasteiger charge is -2.38. The lowest BCUT2D eigenvalue weighted by molar-refractivity contribution is -0.384. The van der Waals surface area contributed by atoms with Gasteiger partial charge in [-0.25, -0.2) is 0 Å². The Balaban J connectivity index is 0.00000280. The summed E-state index contributed by atoms with van der Waals surface area (Å²) in [5.41, 5.74) is -1.46. The number of carbonyl (C=O) groups is 1. The Hall–Kier alpha value is -2.07. The van der Waals surface area contributed by atoms with E-state index in [1.165, 1.54) is 0 Å². The molecule has 1 N–H and O–H groups in total. The van der Waals surface area contributed by atoms with E-state index in [-0.39, 0.29) is 29.9 Å². The van der Waals surface area contributed by atoms with Crippen LogP contribution in [0.15, 0.2) is 18.2 Å². The average Bonchev–Trinajstić information content (AvgIpc) is 2.67. The molecule has 0 aromatic heterocycles. The van der Waals surface area contributed by atoms with Gasteiger partial charge < -0.3 is 15.1 Å². The summed E-state index contributed by atoms with van der Waals surface area (Å²) in [4.78, 5) is 26.4. The van der Waals surface area contributed by atoms with E-state index >= 15 is 0 Å². The van der Waals surface area contributed by atoms with Crippen LogP contribution in [0.5, 0.6) is 0 Å². The summed E-state index contributed by atoms with van der Waals surface area (Å²) in [5.74, 6) is 0.0227. The average molecular weight is 423 g/mol. The number of piperazine rings is 1. The molecule has 11 heteroatoms. The Morgan fingerprint density at radius 1 is 1.21 bits per heavy atom. The van der Waals surface area contributed by atoms with Gasteiger partial charge in [-0.1, -0.05) is 0 Å². The van der Waals surface area contributed by atoms with E-state index in [4.69, 9.17) is 0 Å². The van der Waals surface area contributed by atoms with Gasteiger partial charge in [0.2, 0.25) is 5.91 Å². The van der Waals surface area contributed by atoms with Crippen LogP contribution in [-0.2, 0) is 11.0 Å². The smallest absolute Gasteiger partial charge is 0.362 e. The van der Waals surface area contributed by atoms with E-state index in [1.807, 2.05) is 0 Å². The summed E-state index contributed by atoms with van der Waals surface area (Å²) < 4.78 is 38.5. The summed E-state index contributed by atoms with van der Waals surface area (Å²) in [7, 11) is 0. The molecule has 0 spiro atoms. The largest absolute Gasteiger partial charge is 0.416 e. The zero-order valence-electron chi connectivity index (χ0n) is 15.1. The molecule has 2 fully saturated rings. The minimum absolute atomic E-state index is 0. The first kappa shape index (κ1) is 22.2. The lowest BCUT2D eigenvalue weighted by Crippen LogP contribution is -2.52. The lowest BCUT2D eigenvalue weighted by atomic mass is 9.98. The molecule has 2 saturated heterocycles. The van der Waals surface area contributed by atoms with E-state index in [0.29, 0.717) is 38.8 Å². The minimum atomic E-state index is -4.64. The highest BCUT2D eigenvalue weighted by Crippen LogP contribution is 2.36. The predicted octanol–water partition coefficient (Wildman–Crippen LogP) is 2.68. The van der Waals surface area contributed by atoms with Crippen LogP contribution >= 0.6 is 12.4 Å². The van der Waals surface area contributed by atoms with Crippen molar-refractivity contribution in [2.75, 3.05) is 44.2 Å². The number of nitrogens with one attached hydrogen (secondary N) is 1. The number of rotatable bonds is 3. The van der Waals surface area contributed by atoms with Gasteiger partial charge in [0.1, 0.15) is 5.69 Å². The molecular weight excluding hydrogens is 401 g/mol. The minimum Gasteiger partial charge on any atom is -0.362 e. The van der Waals surface area contributed by atoms with Gasteiger partial charge in [-0.05, 0) is 31.5 Å². The molecule has 2 heterocycles. The van der Waals surface area contributed by atoms with Crippen LogP contribution in [0.3, 0.4) is 0 Å². The highest BCUT2D eigenvalue weighted by atomic mass is 35.5. The summed E-state index contributed by atoms with van der Waals surface area (Å²) in [6.07, 6.45) is -2.84. The Morgan fingerprint density at radius 3 is 2.43 bits per heavy atom. The van der Waals surface area contributed by atoms with Gasteiger partial charge >= 0.3 is 6.18 Å². The number of benzene rings is 1. The number of piperidine rings is 1. The van der Waals surface area contributed by atoms with Crippen molar-refractivity contribution in [3.63, 3.8) is 0 Å². The standard InChI is InChI=1S/C17H21F3N4O3.ClH/c18-17(19,20)13-3-4-14(15(10-13)24(26)27)22-6-8-23(9-7-22)16(25)12-2-1-5-21-11-12;/h3-4,10,12,21H,1-2,5-9,11H2;1H. The van der Waals surface area contributed by atoms with E-state index < -0.39 is 22.4 Å². The molecular formula is C17H22ClF3N4O3. The molecule has 0 bridgehead atoms. The fourth-order valence-electron chi connectivity index (χ4n) is 3.60. The number of hydrogen-bond acceptors (Lipinski definition) is 5. The second-order valence-corrected chi connectivity index (χ2v) is 6.81. The first-order valence-electron chi connectivity index (χ1n) is 8.87. The molecule has 0 aliphatic carbocycles. The van der Waals surface area contributed by atoms with Crippen LogP contribution in [0.2, 0.25) is 0 Å². The predicted molar refractivity (Wildman–Crippen MR) is 99.7 cm³/mol. The van der Waals surface area contributed by atoms with Gasteiger partial charge in [-0.15, -0.1) is 12.4 Å². The highest BCUT2D eigenvalue weighted by molar-refractivity contribution is 5.85. The van der Waals surface area contributed by atoms with E-state index in [1.54, 1.807) is 9.80 Å². The molecule has 1 unspecified atom stereocenters. The first-order chi connectivity index (χ1) is 12.8. The van der Waals surface area contributed by atoms with Crippen molar-refractivity contribution in [3.8, 4) is 0 Å². The zero-order chi connectivity index (χ0) is 19.6. The van der Waals surface area contributed by atoms with E-state index in [0.717, 1.165) is 31.5 Å². The summed E-state index contributed by atoms with van der Waals surface area (Å²) in [6.45, 7) is 3.05. The molecule has 3 rings (SSSR count). The number of nitro benzene ring substituents is 1. The number of nitro groups is 1. The number of carbonyl (C=O) groups excluding carboxylic acids is 1. The molecule has 1 amide bonds. The Labute approximate surface area is 166 Å². The number of alkyl halides is 3. The van der Waals surface area contributed by atoms with Gasteiger partial charge in [-0.3, -0.25) is 14.9 Å². The molecule has 28 heavy (non-hydrogen) atoms. The van der Waals surface area contributed by atoms with Gasteiger partial charge in [0, 0.05) is 38.8 Å². The third kappa shape index (κ3) is 4.85. The maximum absolute atomic E-state index is 12.8. The third-order valence-corrected chi connectivity index (χ3v) is 5.08. The first-order valence-corrected chi connectivity index (χ1v) is 8.87. The third-order valence-electron chi connectivity index (χ3n) is 5.08. The number of amides is 1. The fourth-order valence-corrected chi connectivity index (χ4v) is 3.60. The maximum Gasteiger partial charge on any atom is 0.416 e. The normalized spacial score (nSPS) is 20.5. The van der Waals surface area contributed by atoms with Crippen LogP contribution in [0.4, 0.5) is 24.5 Å². The van der Waals surface area contributed by atoms with E-state index in [9.17, 15) is 28.1 Å². The van der Waals surface area contributed by atoms with Crippen molar-refractivity contribution in [1.29, 1.82) is 0 Å². The number of nitrogens with zero attached hydrogens (tertiary/aromatic N) is 3. The Bertz CT molecular complexity index is 718. The number of anilines is 1. The number of hydrogen-bond donors (Lipinski definition) is 1. The van der Waals surface area contributed by atoms with Crippen molar-refractivity contribution in [2.45, 2.75) is 19.0 Å². The van der Waals surface area contributed by atoms with Gasteiger partial charge in [0.05, 0.1) is 16.4 Å². The number of halogens is 4. The van der Waals surface area contributed by atoms with Crippen molar-refractivity contribution in [3.05, 3.63) is 33.9 Å². The fraction of sp³-hybridized carbons (Fsp3) is 0.588. The van der Waals surface area contributed by atoms with Crippen LogP contribution in [0.1, 0.15) is 18.4 Å². The van der Waals surface area contributed by atoms with E-state index in [2.05, 4.69) is 5.32 Å². The molecule has 1 aromatic carbocycles. The van der Waals surface area contributed by atoms with Crippen LogP contribution in [0, 0.1) is 16.0 Å². The Morgan fingerprint density at radius 2 is 1.89 bits per heavy atom. The van der Waals surface area contributed by atoms with Crippen molar-refractivity contribution in [1.82, 2.24) is 10.2 Å². The van der Waals surface area contributed by atoms with Crippen molar-refractivity contribution >= 4 is 29.7 Å². The van der Waals surface area contributed by atoms with Crippen LogP contribution in [0.25, 0.3) is 0 Å². The van der Waals surface area contributed by atoms with Gasteiger partial charge in [-0.2, -0.15) is 13.2 Å². The monoisotopic (exact) mass is 422 g/mol. The van der Waals surface area contributed by atoms with Crippen molar-refractivity contribution < 1.29 is 22.9 Å². The van der Waals surface area contributed by atoms with Crippen molar-refractivity contribution in [2.24, 2.45) is 5.92 Å². The summed E-state index contributed by atoms with van der Waals surface area (Å²) >= 11 is 0. The molecule has 1 aromatic rings. The second kappa shape index (κ2) is 8.95. The topological polar surface area (TPSA) is 78.7 Å². The van der Waals surface area contributed by atoms with Gasteiger partial charge in [0.15, 0.2) is 0 Å². The quantitative estimate of drug-likeness (QED) is 0.598. The van der Waals surface area contributed by atoms with Crippen LogP contribution in [-0.4, -0.2) is 55.0 Å². The van der Waals surface area contributed by atoms with Gasteiger partial charge in [0.25, 0.3) is 5.69 Å². The summed E-state index contributed by atoms with van der Waals surface area (Å²) in [6, 6.07) is 2.57. The SMILES string of the molecule is Cl.O=C(C1CCCNC1)N1CCN(c2ccc(C(F)(F)F)cc2[N+](=O)[O-])CC1. The molecule has 0 radical (unpaired) electrons. The highest BCUT2D eigenvalue weighted by Gasteiger charge is 2.35. The molecule has 2 aliphatic heterocycles.